The van der Waals surface area contributed by atoms with Crippen LogP contribution in [0.1, 0.15) is 26.7 Å². The Morgan fingerprint density at radius 2 is 2.18 bits per heavy atom. The van der Waals surface area contributed by atoms with Gasteiger partial charge in [0.1, 0.15) is 11.9 Å². The van der Waals surface area contributed by atoms with Gasteiger partial charge in [-0.2, -0.15) is 0 Å². The van der Waals surface area contributed by atoms with E-state index in [4.69, 9.17) is 4.74 Å². The predicted molar refractivity (Wildman–Crippen MR) is 74.4 cm³/mol. The van der Waals surface area contributed by atoms with Crippen LogP contribution in [0.3, 0.4) is 0 Å². The SMILES string of the molecule is CC(C)C(CNC1CC1)Oc1cccc(Br)c1. The fourth-order valence-electron chi connectivity index (χ4n) is 1.70. The summed E-state index contributed by atoms with van der Waals surface area (Å²) < 4.78 is 7.11. The zero-order valence-corrected chi connectivity index (χ0v) is 12.0. The molecule has 1 saturated carbocycles. The van der Waals surface area contributed by atoms with Crippen LogP contribution in [0.4, 0.5) is 0 Å². The van der Waals surface area contributed by atoms with Crippen molar-refractivity contribution in [2.45, 2.75) is 38.8 Å². The van der Waals surface area contributed by atoms with Crippen molar-refractivity contribution in [3.8, 4) is 5.75 Å². The van der Waals surface area contributed by atoms with Crippen LogP contribution in [0.25, 0.3) is 0 Å². The second-order valence-electron chi connectivity index (χ2n) is 5.04. The van der Waals surface area contributed by atoms with Gasteiger partial charge in [-0.1, -0.05) is 35.8 Å². The minimum Gasteiger partial charge on any atom is -0.489 e. The Kier molecular flexibility index (Phi) is 4.46. The largest absolute Gasteiger partial charge is 0.489 e. The molecule has 17 heavy (non-hydrogen) atoms. The van der Waals surface area contributed by atoms with E-state index in [0.29, 0.717) is 5.92 Å². The zero-order valence-electron chi connectivity index (χ0n) is 10.4. The van der Waals surface area contributed by atoms with Crippen molar-refractivity contribution in [1.29, 1.82) is 0 Å². The van der Waals surface area contributed by atoms with Crippen molar-refractivity contribution < 1.29 is 4.74 Å². The van der Waals surface area contributed by atoms with Crippen LogP contribution in [0, 0.1) is 5.92 Å². The molecular formula is C14H20BrNO. The van der Waals surface area contributed by atoms with Gasteiger partial charge in [0.25, 0.3) is 0 Å². The van der Waals surface area contributed by atoms with Crippen molar-refractivity contribution in [3.05, 3.63) is 28.7 Å². The first-order valence-electron chi connectivity index (χ1n) is 6.31. The van der Waals surface area contributed by atoms with Crippen LogP contribution >= 0.6 is 15.9 Å². The number of nitrogens with one attached hydrogen (secondary N) is 1. The lowest BCUT2D eigenvalue weighted by molar-refractivity contribution is 0.148. The summed E-state index contributed by atoms with van der Waals surface area (Å²) in [7, 11) is 0. The average Bonchev–Trinajstić information content (AvgIpc) is 3.07. The average molecular weight is 298 g/mol. The smallest absolute Gasteiger partial charge is 0.120 e. The maximum atomic E-state index is 6.04. The molecule has 0 aliphatic heterocycles. The molecule has 0 spiro atoms. The van der Waals surface area contributed by atoms with Crippen LogP contribution in [-0.4, -0.2) is 18.7 Å². The second-order valence-corrected chi connectivity index (χ2v) is 5.96. The van der Waals surface area contributed by atoms with E-state index in [9.17, 15) is 0 Å². The van der Waals surface area contributed by atoms with E-state index in [0.717, 1.165) is 22.8 Å². The van der Waals surface area contributed by atoms with Crippen LogP contribution in [0.5, 0.6) is 5.75 Å². The third-order valence-corrected chi connectivity index (χ3v) is 3.51. The molecule has 0 amide bonds. The van der Waals surface area contributed by atoms with E-state index < -0.39 is 0 Å². The molecule has 1 N–H and O–H groups in total. The molecule has 1 aliphatic carbocycles. The Balaban J connectivity index is 1.91. The lowest BCUT2D eigenvalue weighted by Crippen LogP contribution is -2.36. The molecule has 0 saturated heterocycles. The highest BCUT2D eigenvalue weighted by atomic mass is 79.9. The standard InChI is InChI=1S/C14H20BrNO/c1-10(2)14(9-16-12-6-7-12)17-13-5-3-4-11(15)8-13/h3-5,8,10,12,14,16H,6-7,9H2,1-2H3. The number of benzene rings is 1. The summed E-state index contributed by atoms with van der Waals surface area (Å²) in [6.07, 6.45) is 2.88. The van der Waals surface area contributed by atoms with Crippen molar-refractivity contribution in [3.63, 3.8) is 0 Å². The Bertz CT molecular complexity index is 363. The van der Waals surface area contributed by atoms with E-state index in [2.05, 4.69) is 35.1 Å². The summed E-state index contributed by atoms with van der Waals surface area (Å²) in [6.45, 7) is 5.35. The highest BCUT2D eigenvalue weighted by molar-refractivity contribution is 9.10. The third kappa shape index (κ3) is 4.32. The van der Waals surface area contributed by atoms with Gasteiger partial charge < -0.3 is 10.1 Å². The van der Waals surface area contributed by atoms with Gasteiger partial charge in [-0.25, -0.2) is 0 Å². The molecule has 3 heteroatoms. The topological polar surface area (TPSA) is 21.3 Å². The summed E-state index contributed by atoms with van der Waals surface area (Å²) in [5, 5.41) is 3.54. The molecule has 0 bridgehead atoms. The summed E-state index contributed by atoms with van der Waals surface area (Å²) in [4.78, 5) is 0. The first-order chi connectivity index (χ1) is 8.15. The second kappa shape index (κ2) is 5.87. The molecule has 0 heterocycles. The molecule has 0 radical (unpaired) electrons. The first-order valence-corrected chi connectivity index (χ1v) is 7.10. The summed E-state index contributed by atoms with van der Waals surface area (Å²) >= 11 is 3.47. The predicted octanol–water partition coefficient (Wildman–Crippen LogP) is 3.60. The Labute approximate surface area is 112 Å². The van der Waals surface area contributed by atoms with Crippen LogP contribution < -0.4 is 10.1 Å². The molecule has 1 aliphatic rings. The maximum Gasteiger partial charge on any atom is 0.120 e. The van der Waals surface area contributed by atoms with Crippen molar-refractivity contribution in [2.75, 3.05) is 6.54 Å². The maximum absolute atomic E-state index is 6.04. The van der Waals surface area contributed by atoms with E-state index in [1.54, 1.807) is 0 Å². The van der Waals surface area contributed by atoms with Crippen LogP contribution in [-0.2, 0) is 0 Å². The van der Waals surface area contributed by atoms with Crippen LogP contribution in [0.15, 0.2) is 28.7 Å². The highest BCUT2D eigenvalue weighted by Crippen LogP contribution is 2.22. The molecular weight excluding hydrogens is 278 g/mol. The van der Waals surface area contributed by atoms with E-state index in [1.165, 1.54) is 12.8 Å². The van der Waals surface area contributed by atoms with Crippen LogP contribution in [0.2, 0.25) is 0 Å². The fraction of sp³-hybridized carbons (Fsp3) is 0.571. The molecule has 1 unspecified atom stereocenters. The Hall–Kier alpha value is -0.540. The molecule has 0 aromatic heterocycles. The lowest BCUT2D eigenvalue weighted by atomic mass is 10.1. The number of hydrogen-bond acceptors (Lipinski definition) is 2. The minimum atomic E-state index is 0.241. The zero-order chi connectivity index (χ0) is 12.3. The van der Waals surface area contributed by atoms with Gasteiger partial charge in [-0.05, 0) is 37.0 Å². The molecule has 2 nitrogen and oxygen atoms in total. The quantitative estimate of drug-likeness (QED) is 0.866. The molecule has 94 valence electrons. The number of rotatable bonds is 6. The van der Waals surface area contributed by atoms with E-state index in [-0.39, 0.29) is 6.10 Å². The normalized spacial score (nSPS) is 17.2. The Morgan fingerprint density at radius 1 is 1.41 bits per heavy atom. The van der Waals surface area contributed by atoms with E-state index in [1.807, 2.05) is 24.3 Å². The van der Waals surface area contributed by atoms with Crippen molar-refractivity contribution in [2.24, 2.45) is 5.92 Å². The van der Waals surface area contributed by atoms with Gasteiger partial charge in [0, 0.05) is 17.1 Å². The summed E-state index contributed by atoms with van der Waals surface area (Å²) in [5.41, 5.74) is 0. The van der Waals surface area contributed by atoms with Gasteiger partial charge in [0.05, 0.1) is 0 Å². The fourth-order valence-corrected chi connectivity index (χ4v) is 2.08. The Morgan fingerprint density at radius 3 is 2.76 bits per heavy atom. The lowest BCUT2D eigenvalue weighted by Gasteiger charge is -2.23. The monoisotopic (exact) mass is 297 g/mol. The number of halogens is 1. The minimum absolute atomic E-state index is 0.241. The molecule has 1 atom stereocenters. The molecule has 2 rings (SSSR count). The highest BCUT2D eigenvalue weighted by Gasteiger charge is 2.23. The van der Waals surface area contributed by atoms with Gasteiger partial charge >= 0.3 is 0 Å². The van der Waals surface area contributed by atoms with Gasteiger partial charge in [0.2, 0.25) is 0 Å². The van der Waals surface area contributed by atoms with Gasteiger partial charge in [-0.15, -0.1) is 0 Å². The van der Waals surface area contributed by atoms with Gasteiger partial charge in [-0.3, -0.25) is 0 Å². The molecule has 1 aromatic carbocycles. The van der Waals surface area contributed by atoms with Crippen molar-refractivity contribution >= 4 is 15.9 Å². The summed E-state index contributed by atoms with van der Waals surface area (Å²) in [6, 6.07) is 8.79. The number of ether oxygens (including phenoxy) is 1. The van der Waals surface area contributed by atoms with Gasteiger partial charge in [0.15, 0.2) is 0 Å². The third-order valence-electron chi connectivity index (χ3n) is 3.01. The van der Waals surface area contributed by atoms with Crippen molar-refractivity contribution in [1.82, 2.24) is 5.32 Å². The first kappa shape index (κ1) is 12.9. The molecule has 1 aromatic rings. The number of hydrogen-bond donors (Lipinski definition) is 1. The molecule has 1 fully saturated rings. The van der Waals surface area contributed by atoms with E-state index >= 15 is 0 Å². The summed E-state index contributed by atoms with van der Waals surface area (Å²) in [5.74, 6) is 1.45.